The molecule has 11 heteroatoms. The topological polar surface area (TPSA) is 83.6 Å². The third-order valence-corrected chi connectivity index (χ3v) is 16.5. The Balaban J connectivity index is 0.00000231. The number of anilines is 1. The Labute approximate surface area is 355 Å². The number of hydrogen-bond donors (Lipinski definition) is 1. The Kier molecular flexibility index (Phi) is 13.6. The van der Waals surface area contributed by atoms with Crippen LogP contribution in [0.25, 0.3) is 0 Å². The Morgan fingerprint density at radius 2 is 1.90 bits per heavy atom. The van der Waals surface area contributed by atoms with Gasteiger partial charge >= 0.3 is 0 Å². The van der Waals surface area contributed by atoms with Gasteiger partial charge < -0.3 is 19.1 Å². The van der Waals surface area contributed by atoms with Gasteiger partial charge in [0.2, 0.25) is 0 Å². The molecule has 4 fully saturated rings. The van der Waals surface area contributed by atoms with Crippen LogP contribution in [0, 0.1) is 23.7 Å². The van der Waals surface area contributed by atoms with Gasteiger partial charge in [0.05, 0.1) is 30.8 Å². The van der Waals surface area contributed by atoms with Gasteiger partial charge in [0.25, 0.3) is 5.91 Å². The van der Waals surface area contributed by atoms with Gasteiger partial charge in [-0.15, -0.1) is 11.6 Å². The lowest BCUT2D eigenvalue weighted by atomic mass is 9.63. The number of fused-ring (bicyclic) bond motifs is 5. The lowest BCUT2D eigenvalue weighted by molar-refractivity contribution is -0.121. The average molecular weight is 836 g/mol. The van der Waals surface area contributed by atoms with Crippen LogP contribution in [0.15, 0.2) is 54.6 Å². The molecule has 4 heterocycles. The number of aryl methyl sites for hydroxylation is 1. The fraction of sp³-hybridized carbons (Fsp3) is 0.681. The summed E-state index contributed by atoms with van der Waals surface area (Å²) in [5.41, 5.74) is 3.78. The number of morpholine rings is 1. The molecule has 1 amide bonds. The number of nitrogens with one attached hydrogen (secondary N) is 1. The number of alkyl halides is 1. The van der Waals surface area contributed by atoms with E-state index in [-0.39, 0.29) is 22.5 Å². The monoisotopic (exact) mass is 834 g/mol. The minimum absolute atomic E-state index is 0.119. The van der Waals surface area contributed by atoms with Crippen molar-refractivity contribution in [2.45, 2.75) is 100 Å². The maximum absolute atomic E-state index is 14.3. The number of halogens is 1. The smallest absolute Gasteiger partial charge is 0.263 e. The minimum Gasteiger partial charge on any atom is -0.490 e. The van der Waals surface area contributed by atoms with E-state index in [0.717, 1.165) is 115 Å². The molecule has 1 N–H and O–H groups in total. The fourth-order valence-electron chi connectivity index (χ4n) is 11.5. The molecule has 58 heavy (non-hydrogen) atoms. The highest BCUT2D eigenvalue weighted by Crippen LogP contribution is 2.49. The number of piperazine rings is 1. The molecule has 7 aliphatic rings. The zero-order chi connectivity index (χ0) is 40.3. The molecular formula is C47H67ClN4O5S. The van der Waals surface area contributed by atoms with Gasteiger partial charge in [0.15, 0.2) is 0 Å². The van der Waals surface area contributed by atoms with Gasteiger partial charge in [-0.25, -0.2) is 4.21 Å². The molecule has 9 rings (SSSR count). The van der Waals surface area contributed by atoms with Crippen molar-refractivity contribution in [1.82, 2.24) is 14.5 Å². The minimum atomic E-state index is -1.52. The standard InChI is InChI=1S/C46H64N4O5S.CH3Cl/c1-3-55-46(31-48-21-22-49-23-24-53-29-38(49)28-48)20-7-9-33(2)43(25-34-10-6-11-34)56(52)47-44(51)36-16-18-42-41(26-36)50(27-37-15-17-40(37)46)30-45(32-54-42)19-8-13-35-12-4-5-14-39(35)45;1-2/h4-5,7,12,14,16,18,20,26,33-34,37-38,40,43H,3,6,8-11,13,15,17,19,21-25,27-32H2,1-2H3,(H,47,51);1H3/b20-7+;/t33?,37?,38?,40?,43?,45-,46-,56?;/m0./s1. The molecule has 318 valence electrons. The van der Waals surface area contributed by atoms with Crippen molar-refractivity contribution in [2.75, 3.05) is 83.5 Å². The molecule has 2 aromatic rings. The van der Waals surface area contributed by atoms with Gasteiger partial charge in [0, 0.05) is 75.8 Å². The first-order valence-corrected chi connectivity index (χ1v) is 24.4. The predicted molar refractivity (Wildman–Crippen MR) is 234 cm³/mol. The second-order valence-corrected chi connectivity index (χ2v) is 19.8. The van der Waals surface area contributed by atoms with Crippen LogP contribution in [0.1, 0.15) is 93.1 Å². The van der Waals surface area contributed by atoms with Crippen molar-refractivity contribution in [3.8, 4) is 5.75 Å². The zero-order valence-electron chi connectivity index (χ0n) is 35.2. The first-order valence-electron chi connectivity index (χ1n) is 22.4. The van der Waals surface area contributed by atoms with E-state index in [0.29, 0.717) is 42.6 Å². The largest absolute Gasteiger partial charge is 0.490 e. The van der Waals surface area contributed by atoms with Crippen LogP contribution in [0.5, 0.6) is 5.75 Å². The van der Waals surface area contributed by atoms with Gasteiger partial charge in [-0.3, -0.25) is 19.3 Å². The number of allylic oxidation sites excluding steroid dienone is 1. The normalized spacial score (nSPS) is 35.0. The van der Waals surface area contributed by atoms with Crippen LogP contribution in [-0.2, 0) is 32.3 Å². The summed E-state index contributed by atoms with van der Waals surface area (Å²) in [5, 5.41) is -0.119. The highest BCUT2D eigenvalue weighted by atomic mass is 35.5. The number of hydrogen-bond acceptors (Lipinski definition) is 8. The second kappa shape index (κ2) is 18.7. The summed E-state index contributed by atoms with van der Waals surface area (Å²) in [6.45, 7) is 14.0. The van der Waals surface area contributed by atoms with Crippen molar-refractivity contribution < 1.29 is 23.2 Å². The van der Waals surface area contributed by atoms with Crippen LogP contribution >= 0.6 is 11.6 Å². The van der Waals surface area contributed by atoms with E-state index in [9.17, 15) is 9.00 Å². The molecule has 6 unspecified atom stereocenters. The molecule has 2 bridgehead atoms. The van der Waals surface area contributed by atoms with Crippen molar-refractivity contribution in [2.24, 2.45) is 23.7 Å². The Hall–Kier alpha value is -2.47. The van der Waals surface area contributed by atoms with Crippen molar-refractivity contribution >= 4 is 34.2 Å². The maximum atomic E-state index is 14.3. The predicted octanol–water partition coefficient (Wildman–Crippen LogP) is 7.38. The van der Waals surface area contributed by atoms with Crippen molar-refractivity contribution in [1.29, 1.82) is 0 Å². The molecule has 3 aliphatic carbocycles. The Morgan fingerprint density at radius 3 is 2.69 bits per heavy atom. The van der Waals surface area contributed by atoms with Crippen molar-refractivity contribution in [3.63, 3.8) is 0 Å². The average Bonchev–Trinajstić information content (AvgIpc) is 3.36. The summed E-state index contributed by atoms with van der Waals surface area (Å²) in [5.74, 6) is 2.05. The van der Waals surface area contributed by atoms with Gasteiger partial charge in [0.1, 0.15) is 22.3 Å². The number of carbonyl (C=O) groups excluding carboxylic acids is 1. The lowest BCUT2D eigenvalue weighted by Gasteiger charge is -2.53. The SMILES string of the molecule is CCO[C@]1(CN2CCN3CCOCC3C2)/C=C/CC(C)C(CC2CCC2)S(=O)NC(=O)c2ccc3c(c2)N(CC2CCC21)C[C@@]1(CCCc2ccccc21)CO3.CCl. The Bertz CT molecular complexity index is 1790. The summed E-state index contributed by atoms with van der Waals surface area (Å²) >= 11 is 4.64. The van der Waals surface area contributed by atoms with E-state index < -0.39 is 16.6 Å². The van der Waals surface area contributed by atoms with E-state index in [4.69, 9.17) is 14.2 Å². The molecule has 8 atom stereocenters. The molecule has 1 spiro atoms. The summed E-state index contributed by atoms with van der Waals surface area (Å²) in [6.07, 6.45) is 17.2. The highest BCUT2D eigenvalue weighted by Gasteiger charge is 2.50. The van der Waals surface area contributed by atoms with E-state index in [1.165, 1.54) is 36.8 Å². The molecule has 0 radical (unpaired) electrons. The quantitative estimate of drug-likeness (QED) is 0.239. The molecule has 0 aromatic heterocycles. The van der Waals surface area contributed by atoms with E-state index in [2.05, 4.69) is 81.3 Å². The summed E-state index contributed by atoms with van der Waals surface area (Å²) in [6, 6.07) is 15.3. The van der Waals surface area contributed by atoms with Crippen LogP contribution < -0.4 is 14.4 Å². The fourth-order valence-corrected chi connectivity index (χ4v) is 12.9. The van der Waals surface area contributed by atoms with Gasteiger partial charge in [-0.2, -0.15) is 0 Å². The third-order valence-electron chi connectivity index (χ3n) is 15.0. The molecule has 2 saturated heterocycles. The highest BCUT2D eigenvalue weighted by molar-refractivity contribution is 7.84. The van der Waals surface area contributed by atoms with E-state index in [1.807, 2.05) is 18.2 Å². The van der Waals surface area contributed by atoms with E-state index in [1.54, 1.807) is 0 Å². The Morgan fingerprint density at radius 1 is 1.03 bits per heavy atom. The maximum Gasteiger partial charge on any atom is 0.263 e. The van der Waals surface area contributed by atoms with Crippen LogP contribution in [0.3, 0.4) is 0 Å². The molecule has 9 nitrogen and oxygen atoms in total. The summed E-state index contributed by atoms with van der Waals surface area (Å²) in [4.78, 5) is 21.9. The molecular weight excluding hydrogens is 768 g/mol. The molecule has 2 aromatic carbocycles. The number of benzene rings is 2. The number of nitrogens with zero attached hydrogens (tertiary/aromatic N) is 3. The third kappa shape index (κ3) is 8.67. The van der Waals surface area contributed by atoms with Crippen LogP contribution in [0.4, 0.5) is 5.69 Å². The van der Waals surface area contributed by atoms with E-state index >= 15 is 0 Å². The zero-order valence-corrected chi connectivity index (χ0v) is 36.8. The lowest BCUT2D eigenvalue weighted by Crippen LogP contribution is -2.62. The number of carbonyl (C=O) groups is 1. The van der Waals surface area contributed by atoms with Crippen LogP contribution in [0.2, 0.25) is 0 Å². The number of rotatable bonds is 6. The summed E-state index contributed by atoms with van der Waals surface area (Å²) < 4.78 is 37.2. The second-order valence-electron chi connectivity index (χ2n) is 18.4. The summed E-state index contributed by atoms with van der Waals surface area (Å²) in [7, 11) is -1.52. The van der Waals surface area contributed by atoms with Gasteiger partial charge in [-0.1, -0.05) is 62.6 Å². The molecule has 2 saturated carbocycles. The van der Waals surface area contributed by atoms with Gasteiger partial charge in [-0.05, 0) is 105 Å². The first kappa shape index (κ1) is 42.2. The van der Waals surface area contributed by atoms with Crippen LogP contribution in [-0.4, -0.2) is 115 Å². The number of ether oxygens (including phenoxy) is 3. The first-order chi connectivity index (χ1) is 28.3. The number of amides is 1. The van der Waals surface area contributed by atoms with Crippen molar-refractivity contribution in [3.05, 3.63) is 71.3 Å². The molecule has 4 aliphatic heterocycles.